The molecule has 3 aromatic rings. The fourth-order valence-electron chi connectivity index (χ4n) is 1.96. The number of anilines is 1. The van der Waals surface area contributed by atoms with Crippen LogP contribution in [0.3, 0.4) is 0 Å². The first-order valence-corrected chi connectivity index (χ1v) is 7.18. The molecule has 2 N–H and O–H groups in total. The van der Waals surface area contributed by atoms with E-state index < -0.39 is 5.91 Å². The van der Waals surface area contributed by atoms with E-state index in [0.717, 1.165) is 5.56 Å². The second-order valence-corrected chi connectivity index (χ2v) is 5.11. The van der Waals surface area contributed by atoms with Gasteiger partial charge in [0.15, 0.2) is 0 Å². The molecule has 3 rings (SSSR count). The van der Waals surface area contributed by atoms with Crippen molar-refractivity contribution in [2.75, 3.05) is 5.32 Å². The van der Waals surface area contributed by atoms with Crippen molar-refractivity contribution < 1.29 is 9.21 Å². The van der Waals surface area contributed by atoms with Crippen molar-refractivity contribution in [3.05, 3.63) is 59.1 Å². The Morgan fingerprint density at radius 2 is 2.25 bits per heavy atom. The van der Waals surface area contributed by atoms with Gasteiger partial charge < -0.3 is 4.42 Å². The number of nitrogens with one attached hydrogen (secondary N) is 2. The zero-order chi connectivity index (χ0) is 16.9. The number of halogens is 1. The summed E-state index contributed by atoms with van der Waals surface area (Å²) in [6.45, 7) is 0. The van der Waals surface area contributed by atoms with Crippen LogP contribution < -0.4 is 5.32 Å². The van der Waals surface area contributed by atoms with Crippen LogP contribution in [0.15, 0.2) is 52.7 Å². The van der Waals surface area contributed by atoms with Gasteiger partial charge in [0.2, 0.25) is 5.95 Å². The smallest absolute Gasteiger partial charge is 0.268 e. The van der Waals surface area contributed by atoms with Crippen molar-refractivity contribution >= 4 is 29.5 Å². The lowest BCUT2D eigenvalue weighted by Gasteiger charge is -1.99. The molecular weight excluding hydrogens is 330 g/mol. The Kier molecular flexibility index (Phi) is 4.40. The van der Waals surface area contributed by atoms with Gasteiger partial charge in [0.1, 0.15) is 29.5 Å². The maximum Gasteiger partial charge on any atom is 0.268 e. The predicted octanol–water partition coefficient (Wildman–Crippen LogP) is 3.26. The number of carbonyl (C=O) groups excluding carboxylic acids is 1. The first-order valence-electron chi connectivity index (χ1n) is 6.80. The first kappa shape index (κ1) is 15.5. The highest BCUT2D eigenvalue weighted by Crippen LogP contribution is 2.25. The lowest BCUT2D eigenvalue weighted by molar-refractivity contribution is -0.112. The minimum Gasteiger partial charge on any atom is -0.457 e. The Hall–Kier alpha value is -3.37. The molecule has 0 spiro atoms. The van der Waals surface area contributed by atoms with Gasteiger partial charge in [-0.05, 0) is 24.3 Å². The van der Waals surface area contributed by atoms with E-state index in [2.05, 4.69) is 20.5 Å². The lowest BCUT2D eigenvalue weighted by atomic mass is 10.2. The molecule has 118 valence electrons. The van der Waals surface area contributed by atoms with Crippen molar-refractivity contribution in [2.24, 2.45) is 0 Å². The summed E-state index contributed by atoms with van der Waals surface area (Å²) >= 11 is 5.95. The number of rotatable bonds is 4. The molecule has 0 bridgehead atoms. The van der Waals surface area contributed by atoms with Crippen molar-refractivity contribution in [1.29, 1.82) is 5.26 Å². The topological polar surface area (TPSA) is 108 Å². The van der Waals surface area contributed by atoms with E-state index in [4.69, 9.17) is 21.3 Å². The molecule has 0 aliphatic heterocycles. The zero-order valence-electron chi connectivity index (χ0n) is 12.2. The zero-order valence-corrected chi connectivity index (χ0v) is 12.9. The number of H-pyrrole nitrogens is 1. The van der Waals surface area contributed by atoms with E-state index >= 15 is 0 Å². The fraction of sp³-hybridized carbons (Fsp3) is 0. The summed E-state index contributed by atoms with van der Waals surface area (Å²) in [5, 5.41) is 18.3. The van der Waals surface area contributed by atoms with Gasteiger partial charge in [0.05, 0.1) is 0 Å². The molecule has 0 saturated heterocycles. The standard InChI is InChI=1S/C16H10ClN5O2/c17-12-3-1-2-10(6-12)14-5-4-13(24-14)7-11(8-18)15(23)21-16-19-9-20-22-16/h1-7,9H,(H2,19,20,21,22,23). The monoisotopic (exact) mass is 339 g/mol. The molecule has 0 unspecified atom stereocenters. The van der Waals surface area contributed by atoms with Crippen molar-refractivity contribution in [3.63, 3.8) is 0 Å². The number of benzene rings is 1. The third kappa shape index (κ3) is 3.51. The van der Waals surface area contributed by atoms with Crippen LogP contribution in [0.25, 0.3) is 17.4 Å². The Morgan fingerprint density at radius 3 is 2.96 bits per heavy atom. The summed E-state index contributed by atoms with van der Waals surface area (Å²) in [4.78, 5) is 15.8. The highest BCUT2D eigenvalue weighted by molar-refractivity contribution is 6.30. The Balaban J connectivity index is 1.82. The average molecular weight is 340 g/mol. The number of amides is 1. The van der Waals surface area contributed by atoms with E-state index in [0.29, 0.717) is 16.5 Å². The van der Waals surface area contributed by atoms with Gasteiger partial charge in [-0.25, -0.2) is 5.10 Å². The van der Waals surface area contributed by atoms with Gasteiger partial charge in [-0.15, -0.1) is 0 Å². The van der Waals surface area contributed by atoms with Crippen molar-refractivity contribution in [2.45, 2.75) is 0 Å². The van der Waals surface area contributed by atoms with Crippen LogP contribution >= 0.6 is 11.6 Å². The number of hydrogen-bond donors (Lipinski definition) is 2. The van der Waals surface area contributed by atoms with E-state index in [1.807, 2.05) is 12.1 Å². The number of furan rings is 1. The van der Waals surface area contributed by atoms with Crippen LogP contribution in [0.5, 0.6) is 0 Å². The summed E-state index contributed by atoms with van der Waals surface area (Å²) in [6.07, 6.45) is 2.59. The van der Waals surface area contributed by atoms with E-state index in [1.54, 1.807) is 30.3 Å². The summed E-state index contributed by atoms with van der Waals surface area (Å²) in [6, 6.07) is 12.4. The van der Waals surface area contributed by atoms with E-state index in [-0.39, 0.29) is 11.5 Å². The van der Waals surface area contributed by atoms with Crippen LogP contribution in [0.4, 0.5) is 5.95 Å². The van der Waals surface area contributed by atoms with Crippen LogP contribution in [0, 0.1) is 11.3 Å². The van der Waals surface area contributed by atoms with Gasteiger partial charge in [-0.1, -0.05) is 23.7 Å². The quantitative estimate of drug-likeness (QED) is 0.560. The highest BCUT2D eigenvalue weighted by atomic mass is 35.5. The molecular formula is C16H10ClN5O2. The van der Waals surface area contributed by atoms with Crippen molar-refractivity contribution in [1.82, 2.24) is 15.2 Å². The number of hydrogen-bond acceptors (Lipinski definition) is 5. The second-order valence-electron chi connectivity index (χ2n) is 4.67. The number of nitriles is 1. The first-order chi connectivity index (χ1) is 11.7. The molecule has 7 nitrogen and oxygen atoms in total. The fourth-order valence-corrected chi connectivity index (χ4v) is 2.15. The minimum absolute atomic E-state index is 0.126. The summed E-state index contributed by atoms with van der Waals surface area (Å²) in [5.74, 6) is 0.487. The molecule has 0 saturated carbocycles. The van der Waals surface area contributed by atoms with E-state index in [9.17, 15) is 4.79 Å². The lowest BCUT2D eigenvalue weighted by Crippen LogP contribution is -2.14. The third-order valence-corrected chi connectivity index (χ3v) is 3.27. The van der Waals surface area contributed by atoms with Crippen LogP contribution in [-0.4, -0.2) is 21.1 Å². The third-order valence-electron chi connectivity index (χ3n) is 3.03. The minimum atomic E-state index is -0.616. The van der Waals surface area contributed by atoms with Gasteiger partial charge in [0.25, 0.3) is 5.91 Å². The molecule has 1 amide bonds. The number of nitrogens with zero attached hydrogens (tertiary/aromatic N) is 3. The predicted molar refractivity (Wildman–Crippen MR) is 87.8 cm³/mol. The summed E-state index contributed by atoms with van der Waals surface area (Å²) in [7, 11) is 0. The van der Waals surface area contributed by atoms with Crippen LogP contribution in [0.1, 0.15) is 5.76 Å². The highest BCUT2D eigenvalue weighted by Gasteiger charge is 2.12. The molecule has 8 heteroatoms. The van der Waals surface area contributed by atoms with Crippen molar-refractivity contribution in [3.8, 4) is 17.4 Å². The normalized spacial score (nSPS) is 11.1. The maximum absolute atomic E-state index is 12.0. The summed E-state index contributed by atoms with van der Waals surface area (Å²) in [5.41, 5.74) is 0.671. The Bertz CT molecular complexity index is 938. The SMILES string of the molecule is N#CC(=Cc1ccc(-c2cccc(Cl)c2)o1)C(=O)Nc1ncn[nH]1. The molecule has 0 radical (unpaired) electrons. The summed E-state index contributed by atoms with van der Waals surface area (Å²) < 4.78 is 5.64. The largest absolute Gasteiger partial charge is 0.457 e. The number of aromatic nitrogens is 3. The molecule has 0 aliphatic rings. The molecule has 0 aliphatic carbocycles. The molecule has 24 heavy (non-hydrogen) atoms. The number of aromatic amines is 1. The van der Waals surface area contributed by atoms with Crippen LogP contribution in [-0.2, 0) is 4.79 Å². The van der Waals surface area contributed by atoms with Crippen LogP contribution in [0.2, 0.25) is 5.02 Å². The second kappa shape index (κ2) is 6.81. The maximum atomic E-state index is 12.0. The molecule has 1 aromatic carbocycles. The molecule has 0 atom stereocenters. The molecule has 2 heterocycles. The van der Waals surface area contributed by atoms with Gasteiger partial charge in [-0.3, -0.25) is 10.1 Å². The van der Waals surface area contributed by atoms with Gasteiger partial charge >= 0.3 is 0 Å². The Morgan fingerprint density at radius 1 is 1.38 bits per heavy atom. The van der Waals surface area contributed by atoms with Gasteiger partial charge in [0, 0.05) is 16.7 Å². The Labute approximate surface area is 141 Å². The molecule has 0 fully saturated rings. The molecule has 2 aromatic heterocycles. The van der Waals surface area contributed by atoms with Gasteiger partial charge in [-0.2, -0.15) is 15.3 Å². The number of carbonyl (C=O) groups is 1. The average Bonchev–Trinajstić information content (AvgIpc) is 3.24. The van der Waals surface area contributed by atoms with E-state index in [1.165, 1.54) is 12.4 Å².